The lowest BCUT2D eigenvalue weighted by Gasteiger charge is -2.21. The van der Waals surface area contributed by atoms with Gasteiger partial charge in [0.1, 0.15) is 0 Å². The molecule has 0 amide bonds. The van der Waals surface area contributed by atoms with Gasteiger partial charge in [0.15, 0.2) is 0 Å². The van der Waals surface area contributed by atoms with E-state index in [9.17, 15) is 0 Å². The molecule has 0 bridgehead atoms. The summed E-state index contributed by atoms with van der Waals surface area (Å²) in [7, 11) is 0. The Bertz CT molecular complexity index is 391. The molecular weight excluding hydrogens is 160 g/mol. The van der Waals surface area contributed by atoms with Crippen molar-refractivity contribution in [3.8, 4) is 0 Å². The smallest absolute Gasteiger partial charge is 0.0478 e. The molecular formula is C11H12N2. The molecule has 0 aromatic heterocycles. The maximum Gasteiger partial charge on any atom is 0.0478 e. The van der Waals surface area contributed by atoms with Gasteiger partial charge in [0.2, 0.25) is 0 Å². The Morgan fingerprint density at radius 2 is 2.00 bits per heavy atom. The molecule has 2 nitrogen and oxygen atoms in total. The second kappa shape index (κ2) is 2.73. The molecule has 1 aliphatic rings. The molecule has 0 radical (unpaired) electrons. The molecule has 0 heterocycles. The third-order valence-electron chi connectivity index (χ3n) is 2.51. The zero-order valence-corrected chi connectivity index (χ0v) is 7.54. The number of nitrogens with two attached hydrogens (primary N) is 1. The number of benzene rings is 1. The molecule has 2 heteroatoms. The average Bonchev–Trinajstić information content (AvgIpc) is 2.15. The number of allylic oxidation sites excluding steroid dienone is 1. The number of nitrogens with one attached hydrogen (secondary N) is 1. The Morgan fingerprint density at radius 3 is 2.77 bits per heavy atom. The predicted molar refractivity (Wildman–Crippen MR) is 54.6 cm³/mol. The van der Waals surface area contributed by atoms with Gasteiger partial charge in [-0.25, -0.2) is 0 Å². The van der Waals surface area contributed by atoms with E-state index in [0.717, 1.165) is 16.8 Å². The van der Waals surface area contributed by atoms with Crippen LogP contribution in [-0.4, -0.2) is 5.71 Å². The lowest BCUT2D eigenvalue weighted by atomic mass is 9.86. The third-order valence-corrected chi connectivity index (χ3v) is 2.51. The van der Waals surface area contributed by atoms with Gasteiger partial charge in [-0.2, -0.15) is 0 Å². The van der Waals surface area contributed by atoms with Crippen molar-refractivity contribution >= 4 is 11.8 Å². The first-order valence-corrected chi connectivity index (χ1v) is 4.35. The van der Waals surface area contributed by atoms with Gasteiger partial charge in [0, 0.05) is 22.9 Å². The molecule has 0 saturated heterocycles. The van der Waals surface area contributed by atoms with E-state index in [1.165, 1.54) is 0 Å². The third kappa shape index (κ3) is 1.15. The van der Waals surface area contributed by atoms with Crippen LogP contribution in [0.25, 0.3) is 6.08 Å². The van der Waals surface area contributed by atoms with Crippen LogP contribution in [0, 0.1) is 11.3 Å². The van der Waals surface area contributed by atoms with E-state index in [4.69, 9.17) is 11.1 Å². The quantitative estimate of drug-likeness (QED) is 0.618. The monoisotopic (exact) mass is 172 g/mol. The van der Waals surface area contributed by atoms with E-state index in [-0.39, 0.29) is 5.92 Å². The Morgan fingerprint density at radius 1 is 1.31 bits per heavy atom. The van der Waals surface area contributed by atoms with E-state index in [0.29, 0.717) is 5.71 Å². The highest BCUT2D eigenvalue weighted by molar-refractivity contribution is 6.06. The Kier molecular flexibility index (Phi) is 1.69. The SMILES string of the molecule is CC1C(=N)c2ccccc2C=C1N. The van der Waals surface area contributed by atoms with Crippen LogP contribution in [0.4, 0.5) is 0 Å². The number of hydrogen-bond acceptors (Lipinski definition) is 2. The summed E-state index contributed by atoms with van der Waals surface area (Å²) >= 11 is 0. The minimum Gasteiger partial charge on any atom is -0.401 e. The maximum atomic E-state index is 7.89. The first-order valence-electron chi connectivity index (χ1n) is 4.35. The van der Waals surface area contributed by atoms with Crippen molar-refractivity contribution in [2.75, 3.05) is 0 Å². The lowest BCUT2D eigenvalue weighted by molar-refractivity contribution is 0.889. The summed E-state index contributed by atoms with van der Waals surface area (Å²) in [4.78, 5) is 0. The van der Waals surface area contributed by atoms with E-state index < -0.39 is 0 Å². The minimum atomic E-state index is 0.0508. The van der Waals surface area contributed by atoms with Gasteiger partial charge in [-0.1, -0.05) is 31.2 Å². The van der Waals surface area contributed by atoms with E-state index in [1.807, 2.05) is 37.3 Å². The lowest BCUT2D eigenvalue weighted by Crippen LogP contribution is -2.23. The second-order valence-electron chi connectivity index (χ2n) is 3.37. The average molecular weight is 172 g/mol. The van der Waals surface area contributed by atoms with Crippen LogP contribution < -0.4 is 5.73 Å². The summed E-state index contributed by atoms with van der Waals surface area (Å²) < 4.78 is 0. The number of fused-ring (bicyclic) bond motifs is 1. The molecule has 3 N–H and O–H groups in total. The van der Waals surface area contributed by atoms with Gasteiger partial charge in [0.05, 0.1) is 0 Å². The minimum absolute atomic E-state index is 0.0508. The molecule has 1 unspecified atom stereocenters. The summed E-state index contributed by atoms with van der Waals surface area (Å²) in [5.74, 6) is 0.0508. The van der Waals surface area contributed by atoms with Crippen LogP contribution >= 0.6 is 0 Å². The summed E-state index contributed by atoms with van der Waals surface area (Å²) in [5.41, 5.74) is 9.27. The predicted octanol–water partition coefficient (Wildman–Crippen LogP) is 2.00. The van der Waals surface area contributed by atoms with E-state index in [2.05, 4.69) is 0 Å². The molecule has 0 aliphatic heterocycles. The van der Waals surface area contributed by atoms with Gasteiger partial charge < -0.3 is 11.1 Å². The van der Waals surface area contributed by atoms with Crippen molar-refractivity contribution in [3.63, 3.8) is 0 Å². The van der Waals surface area contributed by atoms with Gasteiger partial charge >= 0.3 is 0 Å². The first-order chi connectivity index (χ1) is 6.20. The zero-order chi connectivity index (χ0) is 9.42. The second-order valence-corrected chi connectivity index (χ2v) is 3.37. The van der Waals surface area contributed by atoms with Gasteiger partial charge in [-0.3, -0.25) is 0 Å². The van der Waals surface area contributed by atoms with Crippen LogP contribution in [0.3, 0.4) is 0 Å². The number of hydrogen-bond donors (Lipinski definition) is 2. The van der Waals surface area contributed by atoms with Crippen molar-refractivity contribution in [1.29, 1.82) is 5.41 Å². The van der Waals surface area contributed by atoms with Gasteiger partial charge in [0.25, 0.3) is 0 Å². The fraction of sp³-hybridized carbons (Fsp3) is 0.182. The molecule has 1 aromatic carbocycles. The highest BCUT2D eigenvalue weighted by Gasteiger charge is 2.20. The normalized spacial score (nSPS) is 20.8. The van der Waals surface area contributed by atoms with Crippen LogP contribution in [-0.2, 0) is 0 Å². The largest absolute Gasteiger partial charge is 0.401 e. The van der Waals surface area contributed by atoms with Crippen molar-refractivity contribution < 1.29 is 0 Å². The van der Waals surface area contributed by atoms with Crippen molar-refractivity contribution in [2.24, 2.45) is 11.7 Å². The van der Waals surface area contributed by atoms with Crippen LogP contribution in [0.5, 0.6) is 0 Å². The standard InChI is InChI=1S/C11H12N2/c1-7-10(12)6-8-4-2-3-5-9(8)11(7)13/h2-7,13H,12H2,1H3. The molecule has 2 rings (SSSR count). The summed E-state index contributed by atoms with van der Waals surface area (Å²) in [6.45, 7) is 1.96. The molecule has 1 aliphatic carbocycles. The zero-order valence-electron chi connectivity index (χ0n) is 7.54. The molecule has 1 atom stereocenters. The molecule has 0 saturated carbocycles. The Balaban J connectivity index is 2.63. The van der Waals surface area contributed by atoms with Crippen molar-refractivity contribution in [1.82, 2.24) is 0 Å². The molecule has 0 spiro atoms. The van der Waals surface area contributed by atoms with Crippen LogP contribution in [0.2, 0.25) is 0 Å². The van der Waals surface area contributed by atoms with Crippen LogP contribution in [0.1, 0.15) is 18.1 Å². The summed E-state index contributed by atoms with van der Waals surface area (Å²) in [6, 6.07) is 7.88. The highest BCUT2D eigenvalue weighted by Crippen LogP contribution is 2.25. The van der Waals surface area contributed by atoms with E-state index in [1.54, 1.807) is 0 Å². The van der Waals surface area contributed by atoms with E-state index >= 15 is 0 Å². The van der Waals surface area contributed by atoms with Crippen LogP contribution in [0.15, 0.2) is 30.0 Å². The molecule has 1 aromatic rings. The Labute approximate surface area is 77.6 Å². The number of rotatable bonds is 0. The molecule has 13 heavy (non-hydrogen) atoms. The van der Waals surface area contributed by atoms with Crippen molar-refractivity contribution in [3.05, 3.63) is 41.1 Å². The van der Waals surface area contributed by atoms with Crippen molar-refractivity contribution in [2.45, 2.75) is 6.92 Å². The maximum absolute atomic E-state index is 7.89. The topological polar surface area (TPSA) is 49.9 Å². The fourth-order valence-electron chi connectivity index (χ4n) is 1.57. The first kappa shape index (κ1) is 8.05. The molecule has 0 fully saturated rings. The highest BCUT2D eigenvalue weighted by atomic mass is 14.6. The fourth-order valence-corrected chi connectivity index (χ4v) is 1.57. The van der Waals surface area contributed by atoms with Gasteiger partial charge in [-0.15, -0.1) is 0 Å². The summed E-state index contributed by atoms with van der Waals surface area (Å²) in [6.07, 6.45) is 1.96. The molecule has 66 valence electrons. The summed E-state index contributed by atoms with van der Waals surface area (Å²) in [5, 5.41) is 7.89. The van der Waals surface area contributed by atoms with Gasteiger partial charge in [-0.05, 0) is 11.6 Å². The Hall–Kier alpha value is -1.57.